The summed E-state index contributed by atoms with van der Waals surface area (Å²) in [6.45, 7) is 5.99. The van der Waals surface area contributed by atoms with Crippen molar-refractivity contribution in [3.8, 4) is 11.4 Å². The van der Waals surface area contributed by atoms with Gasteiger partial charge in [0.1, 0.15) is 5.82 Å². The van der Waals surface area contributed by atoms with Crippen LogP contribution in [-0.2, 0) is 0 Å². The molecular formula is C19H26N4O2. The van der Waals surface area contributed by atoms with E-state index in [2.05, 4.69) is 20.5 Å². The van der Waals surface area contributed by atoms with E-state index < -0.39 is 5.60 Å². The second-order valence-corrected chi connectivity index (χ2v) is 7.25. The average Bonchev–Trinajstić information content (AvgIpc) is 3.36. The van der Waals surface area contributed by atoms with Crippen LogP contribution in [0.3, 0.4) is 0 Å². The van der Waals surface area contributed by atoms with E-state index in [1.165, 1.54) is 12.8 Å². The van der Waals surface area contributed by atoms with Crippen LogP contribution in [0, 0.1) is 5.92 Å². The number of hydrogen-bond acceptors (Lipinski definition) is 4. The van der Waals surface area contributed by atoms with Crippen molar-refractivity contribution in [3.63, 3.8) is 0 Å². The molecule has 1 aliphatic carbocycles. The third kappa shape index (κ3) is 4.07. The molecule has 1 fully saturated rings. The van der Waals surface area contributed by atoms with Crippen LogP contribution in [0.4, 0.5) is 0 Å². The van der Waals surface area contributed by atoms with Gasteiger partial charge in [-0.25, -0.2) is 4.98 Å². The minimum atomic E-state index is -0.914. The molecule has 2 unspecified atom stereocenters. The van der Waals surface area contributed by atoms with Gasteiger partial charge in [0, 0.05) is 23.6 Å². The van der Waals surface area contributed by atoms with Gasteiger partial charge in [0.2, 0.25) is 0 Å². The van der Waals surface area contributed by atoms with E-state index in [-0.39, 0.29) is 18.4 Å². The fourth-order valence-corrected chi connectivity index (χ4v) is 2.69. The first-order valence-corrected chi connectivity index (χ1v) is 8.94. The Kier molecular flexibility index (Phi) is 4.90. The number of benzene rings is 1. The molecule has 1 amide bonds. The van der Waals surface area contributed by atoms with Gasteiger partial charge < -0.3 is 10.4 Å². The number of aromatic nitrogens is 3. The van der Waals surface area contributed by atoms with Crippen molar-refractivity contribution >= 4 is 5.91 Å². The van der Waals surface area contributed by atoms with Gasteiger partial charge in [-0.15, -0.1) is 0 Å². The maximum absolute atomic E-state index is 12.3. The molecule has 3 N–H and O–H groups in total. The molecule has 2 atom stereocenters. The Bertz CT molecular complexity index is 732. The van der Waals surface area contributed by atoms with Crippen LogP contribution in [0.1, 0.15) is 62.1 Å². The van der Waals surface area contributed by atoms with E-state index in [0.717, 1.165) is 17.8 Å². The van der Waals surface area contributed by atoms with Crippen molar-refractivity contribution < 1.29 is 9.90 Å². The van der Waals surface area contributed by atoms with E-state index in [1.807, 2.05) is 26.0 Å². The lowest BCUT2D eigenvalue weighted by molar-refractivity contribution is 0.00593. The number of carbonyl (C=O) groups is 1. The Morgan fingerprint density at radius 1 is 1.40 bits per heavy atom. The molecule has 0 radical (unpaired) electrons. The zero-order valence-corrected chi connectivity index (χ0v) is 15.0. The summed E-state index contributed by atoms with van der Waals surface area (Å²) in [5.41, 5.74) is 0.524. The maximum atomic E-state index is 12.3. The topological polar surface area (TPSA) is 90.9 Å². The zero-order valence-electron chi connectivity index (χ0n) is 15.0. The van der Waals surface area contributed by atoms with Crippen LogP contribution in [0.5, 0.6) is 0 Å². The number of nitrogens with one attached hydrogen (secondary N) is 2. The molecule has 6 heteroatoms. The molecule has 1 aromatic heterocycles. The predicted octanol–water partition coefficient (Wildman–Crippen LogP) is 2.88. The van der Waals surface area contributed by atoms with E-state index in [9.17, 15) is 9.90 Å². The van der Waals surface area contributed by atoms with Gasteiger partial charge in [0.15, 0.2) is 5.82 Å². The van der Waals surface area contributed by atoms with Crippen LogP contribution in [0.25, 0.3) is 11.4 Å². The Labute approximate surface area is 148 Å². The van der Waals surface area contributed by atoms with Gasteiger partial charge in [0.05, 0.1) is 5.60 Å². The number of aromatic amines is 1. The Morgan fingerprint density at radius 3 is 2.68 bits per heavy atom. The molecule has 25 heavy (non-hydrogen) atoms. The van der Waals surface area contributed by atoms with Crippen LogP contribution >= 0.6 is 0 Å². The summed E-state index contributed by atoms with van der Waals surface area (Å²) in [4.78, 5) is 16.8. The lowest BCUT2D eigenvalue weighted by Crippen LogP contribution is -2.45. The van der Waals surface area contributed by atoms with Crippen LogP contribution in [0.2, 0.25) is 0 Å². The van der Waals surface area contributed by atoms with E-state index in [1.54, 1.807) is 19.1 Å². The largest absolute Gasteiger partial charge is 0.388 e. The molecule has 1 heterocycles. The van der Waals surface area contributed by atoms with Gasteiger partial charge in [-0.3, -0.25) is 9.89 Å². The molecule has 0 spiro atoms. The van der Waals surface area contributed by atoms with Gasteiger partial charge >= 0.3 is 0 Å². The monoisotopic (exact) mass is 342 g/mol. The van der Waals surface area contributed by atoms with Crippen molar-refractivity contribution in [3.05, 3.63) is 35.7 Å². The highest BCUT2D eigenvalue weighted by Gasteiger charge is 2.28. The number of nitrogens with zero attached hydrogens (tertiary/aromatic N) is 2. The Hall–Kier alpha value is -2.21. The second-order valence-electron chi connectivity index (χ2n) is 7.25. The second kappa shape index (κ2) is 6.96. The number of carbonyl (C=O) groups excluding carboxylic acids is 1. The minimum absolute atomic E-state index is 0.113. The fraction of sp³-hybridized carbons (Fsp3) is 0.526. The first-order chi connectivity index (χ1) is 11.9. The number of aliphatic hydroxyl groups is 1. The normalized spacial score (nSPS) is 17.8. The molecule has 0 aliphatic heterocycles. The summed E-state index contributed by atoms with van der Waals surface area (Å²) in [6, 6.07) is 7.22. The number of amides is 1. The standard InChI is InChI=1S/C19H26N4O2/c1-4-12(2)19(3,25)11-20-18(24)15-9-7-14(8-10-15)17-21-16(22-23-17)13-5-6-13/h7-10,12-13,25H,4-6,11H2,1-3H3,(H,20,24)(H,21,22,23). The van der Waals surface area contributed by atoms with Gasteiger partial charge in [0.25, 0.3) is 5.91 Å². The first-order valence-electron chi connectivity index (χ1n) is 8.94. The summed E-state index contributed by atoms with van der Waals surface area (Å²) in [7, 11) is 0. The zero-order chi connectivity index (χ0) is 18.0. The molecule has 1 aromatic carbocycles. The van der Waals surface area contributed by atoms with E-state index in [0.29, 0.717) is 17.3 Å². The molecule has 1 aliphatic rings. The number of H-pyrrole nitrogens is 1. The molecule has 0 bridgehead atoms. The number of hydrogen-bond donors (Lipinski definition) is 3. The van der Waals surface area contributed by atoms with Gasteiger partial charge in [-0.1, -0.05) is 32.4 Å². The van der Waals surface area contributed by atoms with Crippen molar-refractivity contribution in [1.29, 1.82) is 0 Å². The highest BCUT2D eigenvalue weighted by atomic mass is 16.3. The van der Waals surface area contributed by atoms with E-state index >= 15 is 0 Å². The van der Waals surface area contributed by atoms with Crippen LogP contribution in [0.15, 0.2) is 24.3 Å². The molecule has 3 rings (SSSR count). The third-order valence-electron chi connectivity index (χ3n) is 5.15. The average molecular weight is 342 g/mol. The summed E-state index contributed by atoms with van der Waals surface area (Å²) < 4.78 is 0. The lowest BCUT2D eigenvalue weighted by atomic mass is 9.88. The van der Waals surface area contributed by atoms with Crippen molar-refractivity contribution in [2.45, 2.75) is 51.6 Å². The highest BCUT2D eigenvalue weighted by molar-refractivity contribution is 5.94. The Balaban J connectivity index is 1.62. The van der Waals surface area contributed by atoms with Gasteiger partial charge in [-0.05, 0) is 37.8 Å². The molecule has 2 aromatic rings. The highest BCUT2D eigenvalue weighted by Crippen LogP contribution is 2.38. The van der Waals surface area contributed by atoms with Crippen molar-refractivity contribution in [1.82, 2.24) is 20.5 Å². The summed E-state index contributed by atoms with van der Waals surface area (Å²) in [6.07, 6.45) is 3.21. The van der Waals surface area contributed by atoms with Gasteiger partial charge in [-0.2, -0.15) is 5.10 Å². The molecule has 0 saturated heterocycles. The smallest absolute Gasteiger partial charge is 0.251 e. The van der Waals surface area contributed by atoms with E-state index in [4.69, 9.17) is 0 Å². The molecular weight excluding hydrogens is 316 g/mol. The van der Waals surface area contributed by atoms with Crippen LogP contribution in [-0.4, -0.2) is 38.3 Å². The third-order valence-corrected chi connectivity index (χ3v) is 5.15. The fourth-order valence-electron chi connectivity index (χ4n) is 2.69. The summed E-state index contributed by atoms with van der Waals surface area (Å²) in [5, 5.41) is 20.4. The minimum Gasteiger partial charge on any atom is -0.388 e. The summed E-state index contributed by atoms with van der Waals surface area (Å²) in [5.74, 6) is 2.06. The lowest BCUT2D eigenvalue weighted by Gasteiger charge is -2.29. The first kappa shape index (κ1) is 17.6. The molecule has 134 valence electrons. The van der Waals surface area contributed by atoms with Crippen molar-refractivity contribution in [2.75, 3.05) is 6.54 Å². The maximum Gasteiger partial charge on any atom is 0.251 e. The number of rotatable bonds is 7. The SMILES string of the molecule is CCC(C)C(C)(O)CNC(=O)c1ccc(-c2n[nH]c(C3CC3)n2)cc1. The predicted molar refractivity (Wildman–Crippen MR) is 96.2 cm³/mol. The quantitative estimate of drug-likeness (QED) is 0.721. The summed E-state index contributed by atoms with van der Waals surface area (Å²) >= 11 is 0. The van der Waals surface area contributed by atoms with Crippen LogP contribution < -0.4 is 5.32 Å². The van der Waals surface area contributed by atoms with Crippen molar-refractivity contribution in [2.24, 2.45) is 5.92 Å². The Morgan fingerprint density at radius 2 is 2.08 bits per heavy atom. The molecule has 6 nitrogen and oxygen atoms in total. The molecule has 1 saturated carbocycles.